The molecule has 0 unspecified atom stereocenters. The summed E-state index contributed by atoms with van der Waals surface area (Å²) >= 11 is 0. The highest BCUT2D eigenvalue weighted by atomic mass is 16.5. The fourth-order valence-corrected chi connectivity index (χ4v) is 0.778. The Labute approximate surface area is 65.2 Å². The topological polar surface area (TPSA) is 66.0 Å². The molecule has 1 aromatic heterocycles. The average molecular weight is 156 g/mol. The first-order valence-electron chi connectivity index (χ1n) is 3.50. The maximum Gasteiger partial charge on any atom is 0.316 e. The maximum absolute atomic E-state index is 5.38. The van der Waals surface area contributed by atoms with Gasteiger partial charge in [-0.3, -0.25) is 4.57 Å². The van der Waals surface area contributed by atoms with Crippen molar-refractivity contribution < 1.29 is 4.74 Å². The summed E-state index contributed by atoms with van der Waals surface area (Å²) in [4.78, 5) is 0. The van der Waals surface area contributed by atoms with Crippen LogP contribution >= 0.6 is 0 Å². The molecule has 5 nitrogen and oxygen atoms in total. The lowest BCUT2D eigenvalue weighted by Gasteiger charge is -2.01. The van der Waals surface area contributed by atoms with Crippen LogP contribution in [0.1, 0.15) is 12.7 Å². The molecule has 0 atom stereocenters. The van der Waals surface area contributed by atoms with Gasteiger partial charge >= 0.3 is 6.01 Å². The average Bonchev–Trinajstić information content (AvgIpc) is 2.34. The summed E-state index contributed by atoms with van der Waals surface area (Å²) in [7, 11) is 1.83. The van der Waals surface area contributed by atoms with Gasteiger partial charge in [0.15, 0.2) is 0 Å². The molecular weight excluding hydrogens is 144 g/mol. The van der Waals surface area contributed by atoms with Crippen molar-refractivity contribution in [1.29, 1.82) is 0 Å². The second-order valence-electron chi connectivity index (χ2n) is 2.09. The molecule has 11 heavy (non-hydrogen) atoms. The van der Waals surface area contributed by atoms with E-state index >= 15 is 0 Å². The molecule has 0 aliphatic heterocycles. The van der Waals surface area contributed by atoms with E-state index in [1.807, 2.05) is 14.0 Å². The van der Waals surface area contributed by atoms with Crippen LogP contribution < -0.4 is 10.5 Å². The maximum atomic E-state index is 5.38. The Morgan fingerprint density at radius 3 is 2.73 bits per heavy atom. The molecule has 1 heterocycles. The van der Waals surface area contributed by atoms with Crippen molar-refractivity contribution in [3.05, 3.63) is 5.82 Å². The fourth-order valence-electron chi connectivity index (χ4n) is 0.778. The molecule has 0 aromatic carbocycles. The molecule has 0 aliphatic carbocycles. The van der Waals surface area contributed by atoms with E-state index in [9.17, 15) is 0 Å². The largest absolute Gasteiger partial charge is 0.464 e. The molecule has 0 amide bonds. The zero-order chi connectivity index (χ0) is 8.27. The minimum absolute atomic E-state index is 0.385. The molecule has 5 heteroatoms. The summed E-state index contributed by atoms with van der Waals surface area (Å²) in [5.41, 5.74) is 5.38. The predicted molar refractivity (Wildman–Crippen MR) is 40.1 cm³/mol. The molecule has 0 spiro atoms. The first kappa shape index (κ1) is 8.00. The van der Waals surface area contributed by atoms with E-state index in [1.165, 1.54) is 0 Å². The molecule has 0 radical (unpaired) electrons. The number of ether oxygens (including phenoxy) is 1. The van der Waals surface area contributed by atoms with Crippen molar-refractivity contribution in [3.63, 3.8) is 0 Å². The van der Waals surface area contributed by atoms with Crippen molar-refractivity contribution >= 4 is 0 Å². The minimum atomic E-state index is 0.385. The Morgan fingerprint density at radius 2 is 2.27 bits per heavy atom. The summed E-state index contributed by atoms with van der Waals surface area (Å²) in [5, 5.41) is 7.60. The van der Waals surface area contributed by atoms with E-state index in [0.717, 1.165) is 5.82 Å². The number of rotatable bonds is 3. The minimum Gasteiger partial charge on any atom is -0.464 e. The number of hydrogen-bond donors (Lipinski definition) is 1. The molecule has 2 N–H and O–H groups in total. The SMILES string of the molecule is CCOc1nnc(CN)n1C. The van der Waals surface area contributed by atoms with Gasteiger partial charge in [0.2, 0.25) is 0 Å². The highest BCUT2D eigenvalue weighted by Crippen LogP contribution is 2.05. The number of nitrogens with two attached hydrogens (primary N) is 1. The third kappa shape index (κ3) is 1.48. The lowest BCUT2D eigenvalue weighted by atomic mass is 10.6. The monoisotopic (exact) mass is 156 g/mol. The summed E-state index contributed by atoms with van der Waals surface area (Å²) in [6.45, 7) is 2.88. The third-order valence-corrected chi connectivity index (χ3v) is 1.38. The van der Waals surface area contributed by atoms with Gasteiger partial charge in [0.25, 0.3) is 0 Å². The Bertz CT molecular complexity index is 232. The molecular formula is C6H12N4O. The smallest absolute Gasteiger partial charge is 0.316 e. The van der Waals surface area contributed by atoms with Crippen LogP contribution in [0.5, 0.6) is 6.01 Å². The van der Waals surface area contributed by atoms with E-state index in [4.69, 9.17) is 10.5 Å². The van der Waals surface area contributed by atoms with Crippen LogP contribution in [0.3, 0.4) is 0 Å². The van der Waals surface area contributed by atoms with E-state index in [-0.39, 0.29) is 0 Å². The van der Waals surface area contributed by atoms with Crippen molar-refractivity contribution in [2.45, 2.75) is 13.5 Å². The van der Waals surface area contributed by atoms with Gasteiger partial charge in [-0.25, -0.2) is 0 Å². The van der Waals surface area contributed by atoms with E-state index < -0.39 is 0 Å². The molecule has 0 aliphatic rings. The second-order valence-corrected chi connectivity index (χ2v) is 2.09. The Kier molecular flexibility index (Phi) is 2.43. The van der Waals surface area contributed by atoms with Crippen molar-refractivity contribution in [1.82, 2.24) is 14.8 Å². The zero-order valence-electron chi connectivity index (χ0n) is 6.74. The van der Waals surface area contributed by atoms with Crippen LogP contribution in [-0.4, -0.2) is 21.4 Å². The van der Waals surface area contributed by atoms with E-state index in [2.05, 4.69) is 10.2 Å². The Hall–Kier alpha value is -1.10. The number of hydrogen-bond acceptors (Lipinski definition) is 4. The summed E-state index contributed by atoms with van der Waals surface area (Å²) in [6.07, 6.45) is 0. The van der Waals surface area contributed by atoms with E-state index in [0.29, 0.717) is 19.2 Å². The van der Waals surface area contributed by atoms with Gasteiger partial charge in [-0.2, -0.15) is 0 Å². The fraction of sp³-hybridized carbons (Fsp3) is 0.667. The normalized spacial score (nSPS) is 10.1. The lowest BCUT2D eigenvalue weighted by Crippen LogP contribution is -2.06. The van der Waals surface area contributed by atoms with Gasteiger partial charge in [0, 0.05) is 7.05 Å². The summed E-state index contributed by atoms with van der Waals surface area (Å²) in [6, 6.07) is 0.521. The molecule has 1 rings (SSSR count). The highest BCUT2D eigenvalue weighted by Gasteiger charge is 2.05. The molecule has 0 fully saturated rings. The Morgan fingerprint density at radius 1 is 1.55 bits per heavy atom. The summed E-state index contributed by atoms with van der Waals surface area (Å²) < 4.78 is 6.89. The number of nitrogens with zero attached hydrogens (tertiary/aromatic N) is 3. The van der Waals surface area contributed by atoms with Crippen LogP contribution in [0.2, 0.25) is 0 Å². The molecule has 0 bridgehead atoms. The van der Waals surface area contributed by atoms with Gasteiger partial charge in [-0.1, -0.05) is 5.10 Å². The van der Waals surface area contributed by atoms with E-state index in [1.54, 1.807) is 4.57 Å². The first-order valence-corrected chi connectivity index (χ1v) is 3.50. The zero-order valence-corrected chi connectivity index (χ0v) is 6.74. The molecule has 0 saturated carbocycles. The predicted octanol–water partition coefficient (Wildman–Crippen LogP) is -0.328. The van der Waals surface area contributed by atoms with Gasteiger partial charge < -0.3 is 10.5 Å². The quantitative estimate of drug-likeness (QED) is 0.651. The second kappa shape index (κ2) is 3.34. The lowest BCUT2D eigenvalue weighted by molar-refractivity contribution is 0.300. The standard InChI is InChI=1S/C6H12N4O/c1-3-11-6-9-8-5(4-7)10(6)2/h3-4,7H2,1-2H3. The van der Waals surface area contributed by atoms with Crippen LogP contribution in [0.4, 0.5) is 0 Å². The van der Waals surface area contributed by atoms with Gasteiger partial charge in [0.05, 0.1) is 13.2 Å². The van der Waals surface area contributed by atoms with Crippen LogP contribution in [0.25, 0.3) is 0 Å². The van der Waals surface area contributed by atoms with Gasteiger partial charge in [-0.15, -0.1) is 5.10 Å². The summed E-state index contributed by atoms with van der Waals surface area (Å²) in [5.74, 6) is 0.730. The van der Waals surface area contributed by atoms with Crippen LogP contribution in [-0.2, 0) is 13.6 Å². The van der Waals surface area contributed by atoms with Crippen LogP contribution in [0.15, 0.2) is 0 Å². The first-order chi connectivity index (χ1) is 5.29. The molecule has 0 saturated heterocycles. The van der Waals surface area contributed by atoms with Gasteiger partial charge in [0.1, 0.15) is 5.82 Å². The highest BCUT2D eigenvalue weighted by molar-refractivity contribution is 4.98. The van der Waals surface area contributed by atoms with Crippen molar-refractivity contribution in [2.24, 2.45) is 12.8 Å². The molecule has 62 valence electrons. The third-order valence-electron chi connectivity index (χ3n) is 1.38. The van der Waals surface area contributed by atoms with Crippen molar-refractivity contribution in [3.8, 4) is 6.01 Å². The number of aromatic nitrogens is 3. The molecule has 1 aromatic rings. The van der Waals surface area contributed by atoms with Gasteiger partial charge in [-0.05, 0) is 6.92 Å². The Balaban J connectivity index is 2.82. The van der Waals surface area contributed by atoms with Crippen LogP contribution in [0, 0.1) is 0 Å². The van der Waals surface area contributed by atoms with Crippen molar-refractivity contribution in [2.75, 3.05) is 6.61 Å².